The number of H-pyrrole nitrogens is 1. The predicted octanol–water partition coefficient (Wildman–Crippen LogP) is 3.76. The minimum atomic E-state index is -4.70. The molecule has 3 N–H and O–H groups in total. The third-order valence-corrected chi connectivity index (χ3v) is 5.36. The molecule has 0 spiro atoms. The summed E-state index contributed by atoms with van der Waals surface area (Å²) in [5.74, 6) is 0. The number of carbonyl (C=O) groups is 1. The lowest BCUT2D eigenvalue weighted by molar-refractivity contribution is -0.138. The van der Waals surface area contributed by atoms with Gasteiger partial charge >= 0.3 is 12.2 Å². The number of aromatic nitrogens is 4. The highest BCUT2D eigenvalue weighted by Gasteiger charge is 2.33. The van der Waals surface area contributed by atoms with Crippen LogP contribution in [0.25, 0.3) is 11.0 Å². The summed E-state index contributed by atoms with van der Waals surface area (Å²) in [5.41, 5.74) is -1.30. The van der Waals surface area contributed by atoms with Crippen molar-refractivity contribution in [2.45, 2.75) is 38.2 Å². The second kappa shape index (κ2) is 10.1. The Bertz CT molecular complexity index is 1210. The molecule has 0 saturated heterocycles. The van der Waals surface area contributed by atoms with Gasteiger partial charge in [-0.15, -0.1) is 0 Å². The molecule has 3 rings (SSSR count). The van der Waals surface area contributed by atoms with Crippen molar-refractivity contribution in [2.75, 3.05) is 24.2 Å². The Hall–Kier alpha value is -3.64. The Balaban J connectivity index is 1.71. The largest absolute Gasteiger partial charge is 0.417 e. The normalized spacial score (nSPS) is 13.5. The van der Waals surface area contributed by atoms with Crippen molar-refractivity contribution in [3.05, 3.63) is 46.6 Å². The molecule has 13 heteroatoms. The summed E-state index contributed by atoms with van der Waals surface area (Å²) >= 11 is 0. The molecule has 3 aromatic heterocycles. The van der Waals surface area contributed by atoms with Gasteiger partial charge in [-0.2, -0.15) is 18.3 Å². The third-order valence-electron chi connectivity index (χ3n) is 5.36. The van der Waals surface area contributed by atoms with E-state index in [9.17, 15) is 22.8 Å². The molecule has 0 aliphatic carbocycles. The van der Waals surface area contributed by atoms with Crippen LogP contribution in [-0.2, 0) is 13.2 Å². The summed E-state index contributed by atoms with van der Waals surface area (Å²) in [7, 11) is 2.48. The molecular formula is C21H25F4N7O2. The van der Waals surface area contributed by atoms with E-state index in [0.29, 0.717) is 36.4 Å². The molecule has 3 heterocycles. The van der Waals surface area contributed by atoms with E-state index in [-0.39, 0.29) is 6.54 Å². The minimum Gasteiger partial charge on any atom is -0.381 e. The Kier molecular flexibility index (Phi) is 7.42. The van der Waals surface area contributed by atoms with E-state index < -0.39 is 41.2 Å². The van der Waals surface area contributed by atoms with Crippen LogP contribution in [0.4, 0.5) is 33.7 Å². The van der Waals surface area contributed by atoms with Gasteiger partial charge < -0.3 is 20.1 Å². The van der Waals surface area contributed by atoms with E-state index in [1.54, 1.807) is 12.3 Å². The quantitative estimate of drug-likeness (QED) is 0.423. The number of anilines is 2. The first-order valence-electron chi connectivity index (χ1n) is 10.5. The van der Waals surface area contributed by atoms with Crippen molar-refractivity contribution in [2.24, 2.45) is 7.05 Å². The van der Waals surface area contributed by atoms with Gasteiger partial charge in [-0.3, -0.25) is 9.89 Å². The van der Waals surface area contributed by atoms with Crippen LogP contribution >= 0.6 is 0 Å². The maximum atomic E-state index is 15.2. The van der Waals surface area contributed by atoms with E-state index in [2.05, 4.69) is 25.8 Å². The first-order chi connectivity index (χ1) is 16.0. The van der Waals surface area contributed by atoms with Gasteiger partial charge in [0.15, 0.2) is 5.65 Å². The lowest BCUT2D eigenvalue weighted by atomic mass is 10.1. The SMILES string of the molecule is CCC[C@H]([C@H](F)CNc1cnc2[nH]ncc2c1)N(C)C(=O)Nc1cc(C(F)(F)F)cn(C)c1=O. The molecule has 0 radical (unpaired) electrons. The molecule has 3 aromatic rings. The highest BCUT2D eigenvalue weighted by molar-refractivity contribution is 5.89. The summed E-state index contributed by atoms with van der Waals surface area (Å²) in [6.07, 6.45) is -1.63. The van der Waals surface area contributed by atoms with Crippen molar-refractivity contribution in [3.8, 4) is 0 Å². The van der Waals surface area contributed by atoms with Crippen LogP contribution in [-0.4, -0.2) is 56.5 Å². The molecule has 0 bridgehead atoms. The molecule has 34 heavy (non-hydrogen) atoms. The maximum Gasteiger partial charge on any atom is 0.417 e. The molecule has 0 aliphatic heterocycles. The molecule has 0 fully saturated rings. The van der Waals surface area contributed by atoms with E-state index in [1.807, 2.05) is 6.92 Å². The highest BCUT2D eigenvalue weighted by Crippen LogP contribution is 2.29. The second-order valence-electron chi connectivity index (χ2n) is 7.88. The van der Waals surface area contributed by atoms with E-state index >= 15 is 4.39 Å². The molecule has 2 atom stereocenters. The molecule has 9 nitrogen and oxygen atoms in total. The molecule has 0 unspecified atom stereocenters. The topological polar surface area (TPSA) is 108 Å². The molecule has 0 aromatic carbocycles. The van der Waals surface area contributed by atoms with Gasteiger partial charge in [0.2, 0.25) is 0 Å². The van der Waals surface area contributed by atoms with E-state index in [0.717, 1.165) is 21.9 Å². The Morgan fingerprint density at radius 1 is 1.29 bits per heavy atom. The first kappa shape index (κ1) is 25.0. The van der Waals surface area contributed by atoms with Crippen LogP contribution in [0.1, 0.15) is 25.3 Å². The zero-order chi connectivity index (χ0) is 25.0. The van der Waals surface area contributed by atoms with Crippen LogP contribution in [0.5, 0.6) is 0 Å². The summed E-state index contributed by atoms with van der Waals surface area (Å²) < 4.78 is 55.2. The lowest BCUT2D eigenvalue weighted by Gasteiger charge is -2.31. The minimum absolute atomic E-state index is 0.140. The van der Waals surface area contributed by atoms with Crippen molar-refractivity contribution < 1.29 is 22.4 Å². The van der Waals surface area contributed by atoms with Crippen LogP contribution in [0, 0.1) is 0 Å². The summed E-state index contributed by atoms with van der Waals surface area (Å²) in [6.45, 7) is 1.68. The van der Waals surface area contributed by atoms with Crippen molar-refractivity contribution in [1.82, 2.24) is 24.6 Å². The van der Waals surface area contributed by atoms with Gasteiger partial charge in [-0.1, -0.05) is 13.3 Å². The number of fused-ring (bicyclic) bond motifs is 1. The van der Waals surface area contributed by atoms with Gasteiger partial charge in [-0.25, -0.2) is 14.2 Å². The number of rotatable bonds is 8. The number of pyridine rings is 2. The monoisotopic (exact) mass is 483 g/mol. The number of nitrogens with zero attached hydrogens (tertiary/aromatic N) is 4. The van der Waals surface area contributed by atoms with Gasteiger partial charge in [0.05, 0.1) is 29.7 Å². The molecular weight excluding hydrogens is 458 g/mol. The van der Waals surface area contributed by atoms with Crippen LogP contribution < -0.4 is 16.2 Å². The number of halogens is 4. The fraction of sp³-hybridized carbons (Fsp3) is 0.429. The number of nitrogens with one attached hydrogen (secondary N) is 3. The summed E-state index contributed by atoms with van der Waals surface area (Å²) in [5, 5.41) is 12.5. The molecule has 184 valence electrons. The third kappa shape index (κ3) is 5.64. The number of hydrogen-bond acceptors (Lipinski definition) is 5. The van der Waals surface area contributed by atoms with Crippen molar-refractivity contribution >= 4 is 28.4 Å². The smallest absolute Gasteiger partial charge is 0.381 e. The van der Waals surface area contributed by atoms with Gasteiger partial charge in [-0.05, 0) is 18.6 Å². The number of urea groups is 1. The van der Waals surface area contributed by atoms with Crippen LogP contribution in [0.3, 0.4) is 0 Å². The Morgan fingerprint density at radius 3 is 2.71 bits per heavy atom. The number of hydrogen-bond donors (Lipinski definition) is 3. The van der Waals surface area contributed by atoms with Crippen LogP contribution in [0.15, 0.2) is 35.5 Å². The van der Waals surface area contributed by atoms with E-state index in [1.165, 1.54) is 13.2 Å². The maximum absolute atomic E-state index is 15.2. The zero-order valence-electron chi connectivity index (χ0n) is 18.8. The van der Waals surface area contributed by atoms with Crippen LogP contribution in [0.2, 0.25) is 0 Å². The average molecular weight is 483 g/mol. The highest BCUT2D eigenvalue weighted by atomic mass is 19.4. The average Bonchev–Trinajstić information content (AvgIpc) is 3.25. The Labute approximate surface area is 192 Å². The van der Waals surface area contributed by atoms with Gasteiger partial charge in [0, 0.05) is 32.2 Å². The summed E-state index contributed by atoms with van der Waals surface area (Å²) in [6, 6.07) is 0.528. The van der Waals surface area contributed by atoms with E-state index in [4.69, 9.17) is 0 Å². The number of aryl methyl sites for hydroxylation is 1. The number of aromatic amines is 1. The molecule has 0 aliphatic rings. The second-order valence-corrected chi connectivity index (χ2v) is 7.88. The first-order valence-corrected chi connectivity index (χ1v) is 10.5. The van der Waals surface area contributed by atoms with Crippen molar-refractivity contribution in [3.63, 3.8) is 0 Å². The fourth-order valence-electron chi connectivity index (χ4n) is 3.51. The standard InChI is InChI=1S/C21H25F4N7O2/c1-4-5-17(15(22)10-26-14-6-12-8-28-30-18(12)27-9-14)32(3)20(34)29-16-7-13(21(23,24)25)11-31(2)19(16)33/h6-9,11,15,17,26H,4-5,10H2,1-3H3,(H,29,34)(H,27,28,30)/t15-,17-/m1/s1. The van der Waals surface area contributed by atoms with Crippen molar-refractivity contribution in [1.29, 1.82) is 0 Å². The number of alkyl halides is 4. The summed E-state index contributed by atoms with van der Waals surface area (Å²) in [4.78, 5) is 30.2. The predicted molar refractivity (Wildman–Crippen MR) is 119 cm³/mol. The fourth-order valence-corrected chi connectivity index (χ4v) is 3.51. The lowest BCUT2D eigenvalue weighted by Crippen LogP contribution is -2.47. The van der Waals surface area contributed by atoms with Gasteiger partial charge in [0.25, 0.3) is 5.56 Å². The number of carbonyl (C=O) groups excluding carboxylic acids is 1. The van der Waals surface area contributed by atoms with Gasteiger partial charge in [0.1, 0.15) is 11.9 Å². The zero-order valence-corrected chi connectivity index (χ0v) is 18.8. The Morgan fingerprint density at radius 2 is 2.03 bits per heavy atom. The molecule has 2 amide bonds. The molecule has 0 saturated carbocycles. The number of amides is 2.